The molecule has 2 fully saturated rings. The predicted molar refractivity (Wildman–Crippen MR) is 99.6 cm³/mol. The van der Waals surface area contributed by atoms with Crippen LogP contribution in [0.4, 0.5) is 5.69 Å². The highest BCUT2D eigenvalue weighted by molar-refractivity contribution is 7.09. The second-order valence-electron chi connectivity index (χ2n) is 7.21. The van der Waals surface area contributed by atoms with Gasteiger partial charge in [-0.05, 0) is 43.2 Å². The smallest absolute Gasteiger partial charge is 0.309 e. The topological polar surface area (TPSA) is 68.3 Å². The second-order valence-corrected chi connectivity index (χ2v) is 8.16. The summed E-state index contributed by atoms with van der Waals surface area (Å²) in [7, 11) is 0. The maximum Gasteiger partial charge on any atom is 0.309 e. The molecule has 0 aliphatic heterocycles. The number of para-hydroxylation sites is 1. The summed E-state index contributed by atoms with van der Waals surface area (Å²) in [5, 5.41) is 5.43. The Labute approximate surface area is 156 Å². The molecule has 1 aromatic heterocycles. The van der Waals surface area contributed by atoms with E-state index in [1.807, 2.05) is 35.7 Å². The van der Waals surface area contributed by atoms with E-state index in [2.05, 4.69) is 10.3 Å². The molecule has 0 radical (unpaired) electrons. The number of carbonyl (C=O) groups excluding carboxylic acids is 2. The molecule has 2 bridgehead atoms. The monoisotopic (exact) mass is 370 g/mol. The fourth-order valence-electron chi connectivity index (χ4n) is 4.15. The van der Waals surface area contributed by atoms with E-state index in [1.165, 1.54) is 30.6 Å². The number of benzene rings is 1. The molecule has 2 aliphatic carbocycles. The quantitative estimate of drug-likeness (QED) is 0.785. The molecule has 2 aromatic rings. The third kappa shape index (κ3) is 3.96. The summed E-state index contributed by atoms with van der Waals surface area (Å²) in [5.41, 5.74) is 1.49. The Hall–Kier alpha value is -2.21. The van der Waals surface area contributed by atoms with Gasteiger partial charge in [0.15, 0.2) is 0 Å². The zero-order chi connectivity index (χ0) is 17.9. The summed E-state index contributed by atoms with van der Waals surface area (Å²) in [6.07, 6.45) is 4.85. The average molecular weight is 370 g/mol. The highest BCUT2D eigenvalue weighted by atomic mass is 32.1. The maximum atomic E-state index is 12.3. The number of carbonyl (C=O) groups is 2. The van der Waals surface area contributed by atoms with Crippen molar-refractivity contribution in [3.05, 3.63) is 46.4 Å². The second kappa shape index (κ2) is 7.58. The first-order valence-electron chi connectivity index (χ1n) is 9.12. The number of nitrogens with one attached hydrogen (secondary N) is 1. The van der Waals surface area contributed by atoms with Crippen LogP contribution >= 0.6 is 11.3 Å². The fourth-order valence-corrected chi connectivity index (χ4v) is 4.92. The van der Waals surface area contributed by atoms with Gasteiger partial charge in [0.25, 0.3) is 0 Å². The molecule has 26 heavy (non-hydrogen) atoms. The Bertz CT molecular complexity index is 789. The van der Waals surface area contributed by atoms with Crippen molar-refractivity contribution in [1.29, 1.82) is 0 Å². The third-order valence-corrected chi connectivity index (χ3v) is 6.27. The van der Waals surface area contributed by atoms with E-state index in [9.17, 15) is 9.59 Å². The van der Waals surface area contributed by atoms with E-state index < -0.39 is 0 Å². The van der Waals surface area contributed by atoms with E-state index in [1.54, 1.807) is 0 Å². The first-order valence-corrected chi connectivity index (χ1v) is 10.00. The van der Waals surface area contributed by atoms with Crippen LogP contribution in [0.5, 0.6) is 0 Å². The van der Waals surface area contributed by atoms with Crippen molar-refractivity contribution in [2.24, 2.45) is 17.8 Å². The van der Waals surface area contributed by atoms with E-state index in [4.69, 9.17) is 4.74 Å². The summed E-state index contributed by atoms with van der Waals surface area (Å²) in [4.78, 5) is 28.8. The van der Waals surface area contributed by atoms with Crippen LogP contribution in [0.2, 0.25) is 0 Å². The van der Waals surface area contributed by atoms with Crippen LogP contribution in [0.15, 0.2) is 35.7 Å². The lowest BCUT2D eigenvalue weighted by Gasteiger charge is -2.19. The van der Waals surface area contributed by atoms with Crippen molar-refractivity contribution in [3.8, 4) is 0 Å². The van der Waals surface area contributed by atoms with E-state index in [0.717, 1.165) is 23.0 Å². The number of ether oxygens (including phenoxy) is 1. The first kappa shape index (κ1) is 17.2. The number of hydrogen-bond acceptors (Lipinski definition) is 5. The maximum absolute atomic E-state index is 12.3. The minimum atomic E-state index is -0.101. The summed E-state index contributed by atoms with van der Waals surface area (Å²) < 4.78 is 5.48. The molecule has 1 heterocycles. The third-order valence-electron chi connectivity index (χ3n) is 5.37. The number of thiazole rings is 1. The van der Waals surface area contributed by atoms with Crippen LogP contribution in [0.3, 0.4) is 0 Å². The van der Waals surface area contributed by atoms with Crippen LogP contribution in [-0.2, 0) is 27.4 Å². The Morgan fingerprint density at radius 3 is 2.77 bits per heavy atom. The van der Waals surface area contributed by atoms with Gasteiger partial charge in [0.1, 0.15) is 11.6 Å². The number of nitrogens with zero attached hydrogens (tertiary/aromatic N) is 1. The number of fused-ring (bicyclic) bond motifs is 2. The molecule has 2 aliphatic rings. The van der Waals surface area contributed by atoms with Gasteiger partial charge in [-0.15, -0.1) is 11.3 Å². The van der Waals surface area contributed by atoms with Gasteiger partial charge >= 0.3 is 5.97 Å². The number of anilines is 1. The minimum Gasteiger partial charge on any atom is -0.459 e. The highest BCUT2D eigenvalue weighted by Gasteiger charge is 2.43. The van der Waals surface area contributed by atoms with E-state index >= 15 is 0 Å². The van der Waals surface area contributed by atoms with Gasteiger partial charge in [-0.1, -0.05) is 24.6 Å². The van der Waals surface area contributed by atoms with Crippen molar-refractivity contribution in [3.63, 3.8) is 0 Å². The standard InChI is InChI=1S/C20H22N2O3S/c23-18(21-15-4-2-1-3-5-15)10-19-22-16(12-26-19)11-25-20(24)17-9-13-6-7-14(17)8-13/h1-5,12-14,17H,6-11H2,(H,21,23)/t13-,14-,17-/m0/s1. The van der Waals surface area contributed by atoms with Gasteiger partial charge in [0.05, 0.1) is 18.0 Å². The molecule has 1 aromatic carbocycles. The summed E-state index contributed by atoms with van der Waals surface area (Å²) >= 11 is 1.42. The van der Waals surface area contributed by atoms with Crippen molar-refractivity contribution in [2.75, 3.05) is 5.32 Å². The normalized spacial score (nSPS) is 23.8. The van der Waals surface area contributed by atoms with Crippen LogP contribution in [0, 0.1) is 17.8 Å². The number of rotatable bonds is 6. The minimum absolute atomic E-state index is 0.0754. The Balaban J connectivity index is 1.25. The number of amides is 1. The fraction of sp³-hybridized carbons (Fsp3) is 0.450. The van der Waals surface area contributed by atoms with Gasteiger partial charge in [-0.2, -0.15) is 0 Å². The molecule has 0 spiro atoms. The molecule has 0 saturated heterocycles. The van der Waals surface area contributed by atoms with Crippen molar-refractivity contribution < 1.29 is 14.3 Å². The Kier molecular flexibility index (Phi) is 5.02. The summed E-state index contributed by atoms with van der Waals surface area (Å²) in [6.45, 7) is 0.198. The van der Waals surface area contributed by atoms with Gasteiger partial charge in [0, 0.05) is 11.1 Å². The van der Waals surface area contributed by atoms with Gasteiger partial charge in [0.2, 0.25) is 5.91 Å². The molecule has 3 atom stereocenters. The Morgan fingerprint density at radius 1 is 1.19 bits per heavy atom. The van der Waals surface area contributed by atoms with Crippen molar-refractivity contribution >= 4 is 28.9 Å². The highest BCUT2D eigenvalue weighted by Crippen LogP contribution is 2.48. The van der Waals surface area contributed by atoms with E-state index in [-0.39, 0.29) is 30.8 Å². The SMILES string of the molecule is O=C(Cc1nc(COC(=O)[C@H]2C[C@H]3CC[C@H]2C3)cs1)Nc1ccccc1. The lowest BCUT2D eigenvalue weighted by atomic mass is 9.89. The number of aromatic nitrogens is 1. The zero-order valence-electron chi connectivity index (χ0n) is 14.5. The molecule has 4 rings (SSSR count). The summed E-state index contributed by atoms with van der Waals surface area (Å²) in [5.74, 6) is 1.17. The predicted octanol–water partition coefficient (Wildman–Crippen LogP) is 3.80. The molecule has 2 saturated carbocycles. The Morgan fingerprint density at radius 2 is 2.04 bits per heavy atom. The molecule has 0 unspecified atom stereocenters. The largest absolute Gasteiger partial charge is 0.459 e. The van der Waals surface area contributed by atoms with Crippen molar-refractivity contribution in [2.45, 2.75) is 38.7 Å². The number of hydrogen-bond donors (Lipinski definition) is 1. The molecular formula is C20H22N2O3S. The molecule has 5 nitrogen and oxygen atoms in total. The average Bonchev–Trinajstić information content (AvgIpc) is 3.37. The van der Waals surface area contributed by atoms with Crippen LogP contribution in [-0.4, -0.2) is 16.9 Å². The van der Waals surface area contributed by atoms with E-state index in [0.29, 0.717) is 11.6 Å². The van der Waals surface area contributed by atoms with Gasteiger partial charge in [-0.3, -0.25) is 9.59 Å². The van der Waals surface area contributed by atoms with Crippen molar-refractivity contribution in [1.82, 2.24) is 4.98 Å². The van der Waals surface area contributed by atoms with Gasteiger partial charge < -0.3 is 10.1 Å². The summed E-state index contributed by atoms with van der Waals surface area (Å²) in [6, 6.07) is 9.35. The molecule has 6 heteroatoms. The zero-order valence-corrected chi connectivity index (χ0v) is 15.3. The molecule has 1 N–H and O–H groups in total. The molecule has 136 valence electrons. The van der Waals surface area contributed by atoms with Crippen LogP contribution < -0.4 is 5.32 Å². The lowest BCUT2D eigenvalue weighted by Crippen LogP contribution is -2.23. The molecular weight excluding hydrogens is 348 g/mol. The van der Waals surface area contributed by atoms with Crippen LogP contribution in [0.1, 0.15) is 36.4 Å². The lowest BCUT2D eigenvalue weighted by molar-refractivity contribution is -0.151. The molecule has 1 amide bonds. The van der Waals surface area contributed by atoms with Gasteiger partial charge in [-0.25, -0.2) is 4.98 Å². The van der Waals surface area contributed by atoms with Crippen LogP contribution in [0.25, 0.3) is 0 Å². The number of esters is 1. The first-order chi connectivity index (χ1) is 12.7.